The first-order chi connectivity index (χ1) is 9.85. The molecular formula is C17H23N3O. The maximum Gasteiger partial charge on any atom is 0.346 e. The van der Waals surface area contributed by atoms with E-state index in [9.17, 15) is 4.79 Å². The third-order valence-electron chi connectivity index (χ3n) is 4.98. The number of hydrogen-bond donors (Lipinski definition) is 1. The summed E-state index contributed by atoms with van der Waals surface area (Å²) in [5.41, 5.74) is 7.10. The van der Waals surface area contributed by atoms with Crippen LogP contribution in [0.2, 0.25) is 0 Å². The van der Waals surface area contributed by atoms with Gasteiger partial charge in [0.15, 0.2) is 0 Å². The molecule has 3 rings (SSSR count). The number of urea groups is 1. The summed E-state index contributed by atoms with van der Waals surface area (Å²) < 4.78 is 0. The van der Waals surface area contributed by atoms with Crippen LogP contribution in [0.1, 0.15) is 39.2 Å². The minimum atomic E-state index is -0.406. The van der Waals surface area contributed by atoms with Gasteiger partial charge in [0.05, 0.1) is 0 Å². The summed E-state index contributed by atoms with van der Waals surface area (Å²) in [5.74, 6) is 0.827. The van der Waals surface area contributed by atoms with Crippen LogP contribution in [0.15, 0.2) is 35.3 Å². The van der Waals surface area contributed by atoms with E-state index in [-0.39, 0.29) is 11.4 Å². The minimum absolute atomic E-state index is 0.180. The number of hydrogen-bond acceptors (Lipinski definition) is 2. The highest BCUT2D eigenvalue weighted by molar-refractivity contribution is 6.06. The molecule has 21 heavy (non-hydrogen) atoms. The summed E-state index contributed by atoms with van der Waals surface area (Å²) in [6.07, 6.45) is 1.94. The second-order valence-electron chi connectivity index (χ2n) is 7.22. The molecule has 4 nitrogen and oxygen atoms in total. The van der Waals surface area contributed by atoms with Crippen molar-refractivity contribution >= 4 is 11.9 Å². The van der Waals surface area contributed by atoms with Crippen molar-refractivity contribution in [3.05, 3.63) is 35.9 Å². The number of rotatable bonds is 2. The van der Waals surface area contributed by atoms with Crippen molar-refractivity contribution in [2.45, 2.75) is 45.7 Å². The van der Waals surface area contributed by atoms with Gasteiger partial charge in [-0.05, 0) is 29.7 Å². The minimum Gasteiger partial charge on any atom is -0.385 e. The normalized spacial score (nSPS) is 31.0. The van der Waals surface area contributed by atoms with Gasteiger partial charge in [-0.25, -0.2) is 4.79 Å². The summed E-state index contributed by atoms with van der Waals surface area (Å²) >= 11 is 0. The first kappa shape index (κ1) is 14.1. The Kier molecular flexibility index (Phi) is 3.08. The monoisotopic (exact) mass is 285 g/mol. The number of carbonyl (C=O) groups excluding carboxylic acids is 1. The van der Waals surface area contributed by atoms with Crippen molar-refractivity contribution in [3.63, 3.8) is 0 Å². The quantitative estimate of drug-likeness (QED) is 0.907. The molecule has 1 aliphatic heterocycles. The molecule has 2 N–H and O–H groups in total. The van der Waals surface area contributed by atoms with E-state index in [1.165, 1.54) is 0 Å². The molecule has 1 saturated carbocycles. The van der Waals surface area contributed by atoms with Gasteiger partial charge in [0.25, 0.3) is 0 Å². The smallest absolute Gasteiger partial charge is 0.346 e. The van der Waals surface area contributed by atoms with Crippen molar-refractivity contribution in [2.75, 3.05) is 0 Å². The van der Waals surface area contributed by atoms with Gasteiger partial charge < -0.3 is 10.6 Å². The van der Waals surface area contributed by atoms with Crippen LogP contribution >= 0.6 is 0 Å². The van der Waals surface area contributed by atoms with E-state index in [4.69, 9.17) is 5.73 Å². The van der Waals surface area contributed by atoms with E-state index in [1.54, 1.807) is 0 Å². The lowest BCUT2D eigenvalue weighted by atomic mass is 9.84. The van der Waals surface area contributed by atoms with Crippen LogP contribution in [0.25, 0.3) is 0 Å². The summed E-state index contributed by atoms with van der Waals surface area (Å²) in [4.78, 5) is 18.4. The van der Waals surface area contributed by atoms with Crippen LogP contribution in [0, 0.1) is 11.3 Å². The zero-order valence-corrected chi connectivity index (χ0v) is 13.0. The van der Waals surface area contributed by atoms with E-state index >= 15 is 0 Å². The van der Waals surface area contributed by atoms with Crippen LogP contribution in [-0.4, -0.2) is 22.3 Å². The highest BCUT2D eigenvalue weighted by atomic mass is 16.2. The van der Waals surface area contributed by atoms with Crippen LogP contribution in [0.3, 0.4) is 0 Å². The first-order valence-corrected chi connectivity index (χ1v) is 7.55. The topological polar surface area (TPSA) is 58.7 Å². The molecule has 0 bridgehead atoms. The van der Waals surface area contributed by atoms with Gasteiger partial charge in [0.2, 0.25) is 0 Å². The lowest BCUT2D eigenvalue weighted by Crippen LogP contribution is -2.55. The molecule has 1 aromatic rings. The van der Waals surface area contributed by atoms with Crippen molar-refractivity contribution < 1.29 is 4.79 Å². The number of carbonyl (C=O) groups is 1. The zero-order chi connectivity index (χ0) is 15.3. The Morgan fingerprint density at radius 2 is 2.00 bits per heavy atom. The van der Waals surface area contributed by atoms with Crippen molar-refractivity contribution in [2.24, 2.45) is 22.1 Å². The highest BCUT2D eigenvalue weighted by Crippen LogP contribution is 2.52. The molecule has 1 aromatic carbocycles. The third kappa shape index (κ3) is 2.13. The lowest BCUT2D eigenvalue weighted by molar-refractivity contribution is 0.141. The number of aliphatic imine (C=N–C) groups is 1. The Labute approximate surface area is 126 Å². The molecule has 1 spiro atoms. The molecule has 2 aliphatic rings. The van der Waals surface area contributed by atoms with Crippen molar-refractivity contribution in [1.82, 2.24) is 4.90 Å². The number of nitrogens with two attached hydrogens (primary N) is 1. The maximum atomic E-state index is 12.4. The van der Waals surface area contributed by atoms with Gasteiger partial charge in [-0.1, -0.05) is 51.1 Å². The molecule has 0 saturated heterocycles. The number of benzene rings is 1. The Morgan fingerprint density at radius 1 is 1.33 bits per heavy atom. The van der Waals surface area contributed by atoms with Gasteiger partial charge in [-0.2, -0.15) is 4.99 Å². The van der Waals surface area contributed by atoms with Crippen LogP contribution < -0.4 is 5.73 Å². The summed E-state index contributed by atoms with van der Waals surface area (Å²) in [7, 11) is 0. The fourth-order valence-corrected chi connectivity index (χ4v) is 4.22. The number of amides is 2. The molecule has 2 atom stereocenters. The summed E-state index contributed by atoms with van der Waals surface area (Å²) in [5, 5.41) is 0. The van der Waals surface area contributed by atoms with Crippen molar-refractivity contribution in [1.29, 1.82) is 0 Å². The second kappa shape index (κ2) is 4.58. The molecule has 1 aliphatic carbocycles. The number of amidine groups is 1. The predicted molar refractivity (Wildman–Crippen MR) is 83.9 cm³/mol. The molecule has 1 fully saturated rings. The van der Waals surface area contributed by atoms with Crippen LogP contribution in [0.4, 0.5) is 4.79 Å². The average Bonchev–Trinajstić information content (AvgIpc) is 2.79. The Bertz CT molecular complexity index is 593. The van der Waals surface area contributed by atoms with Gasteiger partial charge in [0.1, 0.15) is 11.4 Å². The molecule has 1 heterocycles. The molecule has 2 amide bonds. The lowest BCUT2D eigenvalue weighted by Gasteiger charge is -2.39. The van der Waals surface area contributed by atoms with E-state index in [0.717, 1.165) is 18.4 Å². The molecule has 4 heteroatoms. The van der Waals surface area contributed by atoms with Crippen LogP contribution in [0.5, 0.6) is 0 Å². The van der Waals surface area contributed by atoms with E-state index in [1.807, 2.05) is 35.2 Å². The zero-order valence-electron chi connectivity index (χ0n) is 13.0. The second-order valence-corrected chi connectivity index (χ2v) is 7.22. The summed E-state index contributed by atoms with van der Waals surface area (Å²) in [6.45, 7) is 7.25. The molecule has 0 aromatic heterocycles. The fraction of sp³-hybridized carbons (Fsp3) is 0.529. The Morgan fingerprint density at radius 3 is 2.57 bits per heavy atom. The predicted octanol–water partition coefficient (Wildman–Crippen LogP) is 3.17. The summed E-state index contributed by atoms with van der Waals surface area (Å²) in [6, 6.07) is 9.86. The van der Waals surface area contributed by atoms with Crippen molar-refractivity contribution in [3.8, 4) is 0 Å². The SMILES string of the molecule is CC1CC(C)(C)CC12C(N)=NC(=O)N2Cc1ccccc1. The third-order valence-corrected chi connectivity index (χ3v) is 4.98. The van der Waals surface area contributed by atoms with Gasteiger partial charge in [-0.3, -0.25) is 0 Å². The van der Waals surface area contributed by atoms with Crippen LogP contribution in [-0.2, 0) is 6.54 Å². The average molecular weight is 285 g/mol. The standard InChI is InChI=1S/C17H23N3O/c1-12-9-16(2,3)11-17(12)14(18)19-15(21)20(17)10-13-7-5-4-6-8-13/h4-8,12H,9-11H2,1-3H3,(H2,18,19,21). The van der Waals surface area contributed by atoms with Gasteiger partial charge >= 0.3 is 6.03 Å². The number of nitrogens with zero attached hydrogens (tertiary/aromatic N) is 2. The van der Waals surface area contributed by atoms with Gasteiger partial charge in [-0.15, -0.1) is 0 Å². The largest absolute Gasteiger partial charge is 0.385 e. The van der Waals surface area contributed by atoms with E-state index in [0.29, 0.717) is 18.3 Å². The highest BCUT2D eigenvalue weighted by Gasteiger charge is 2.59. The molecular weight excluding hydrogens is 262 g/mol. The maximum absolute atomic E-state index is 12.4. The molecule has 2 unspecified atom stereocenters. The Balaban J connectivity index is 1.97. The van der Waals surface area contributed by atoms with Gasteiger partial charge in [0, 0.05) is 6.54 Å². The first-order valence-electron chi connectivity index (χ1n) is 7.55. The van der Waals surface area contributed by atoms with E-state index in [2.05, 4.69) is 25.8 Å². The Hall–Kier alpha value is -1.84. The molecule has 0 radical (unpaired) electrons. The molecule has 112 valence electrons. The fourth-order valence-electron chi connectivity index (χ4n) is 4.22. The van der Waals surface area contributed by atoms with E-state index < -0.39 is 5.54 Å².